The normalized spacial score (nSPS) is 26.2. The Kier molecular flexibility index (Phi) is 9.03. The van der Waals surface area contributed by atoms with Gasteiger partial charge in [-0.05, 0) is 0 Å². The topological polar surface area (TPSA) is 71.1 Å². The van der Waals surface area contributed by atoms with E-state index in [1.54, 1.807) is 0 Å². The van der Waals surface area contributed by atoms with Gasteiger partial charge in [-0.15, -0.1) is 18.1 Å². The molecule has 9 heteroatoms. The molecule has 0 unspecified atom stereocenters. The van der Waals surface area contributed by atoms with Gasteiger partial charge in [0.05, 0.1) is 0 Å². The van der Waals surface area contributed by atoms with Crippen LogP contribution in [0, 0.1) is 0 Å². The van der Waals surface area contributed by atoms with Gasteiger partial charge < -0.3 is 0 Å². The second-order valence-electron chi connectivity index (χ2n) is 1.78. The molecule has 1 saturated heterocycles. The number of hydrogen-bond acceptors (Lipinski definition) is 6. The number of rotatable bonds is 0. The van der Waals surface area contributed by atoms with E-state index in [-0.39, 0.29) is 56.0 Å². The molecular weight excluding hydrogens is 229 g/mol. The molecule has 69 valence electrons. The summed E-state index contributed by atoms with van der Waals surface area (Å²) in [5.74, 6) is 0. The Morgan fingerprint density at radius 1 is 0.692 bits per heavy atom. The van der Waals surface area contributed by atoms with Gasteiger partial charge in [0.15, 0.2) is 0 Å². The van der Waals surface area contributed by atoms with Crippen LogP contribution in [-0.2, 0) is 27.2 Å². The molecule has 6 nitrogen and oxygen atoms in total. The van der Waals surface area contributed by atoms with Crippen molar-refractivity contribution in [3.05, 3.63) is 0 Å². The summed E-state index contributed by atoms with van der Waals surface area (Å²) < 4.78 is 40.0. The summed E-state index contributed by atoms with van der Waals surface area (Å²) in [4.78, 5) is 0. The van der Waals surface area contributed by atoms with Crippen LogP contribution >= 0.6 is 16.5 Å². The van der Waals surface area contributed by atoms with Gasteiger partial charge in [-0.1, -0.05) is 0 Å². The summed E-state index contributed by atoms with van der Waals surface area (Å²) >= 11 is 0. The van der Waals surface area contributed by atoms with Crippen LogP contribution in [0.25, 0.3) is 0 Å². The maximum absolute atomic E-state index is 10.7. The zero-order chi connectivity index (χ0) is 8.81. The third-order valence-electron chi connectivity index (χ3n) is 0.953. The molecule has 0 saturated carbocycles. The third-order valence-corrected chi connectivity index (χ3v) is 2.53. The van der Waals surface area contributed by atoms with Crippen LogP contribution in [0.2, 0.25) is 0 Å². The fourth-order valence-electron chi connectivity index (χ4n) is 0.522. The molecule has 1 fully saturated rings. The zero-order valence-electron chi connectivity index (χ0n) is 7.17. The van der Waals surface area contributed by atoms with Gasteiger partial charge in [0.2, 0.25) is 0 Å². The van der Waals surface area contributed by atoms with Gasteiger partial charge in [0.25, 0.3) is 0 Å². The summed E-state index contributed by atoms with van der Waals surface area (Å²) in [5, 5.41) is 0. The Hall–Kier alpha value is 1.04. The molecule has 0 atom stereocenters. The Morgan fingerprint density at radius 3 is 1.15 bits per heavy atom. The standard InChI is InChI=1S/C4H8O6P2.Na/c5-11-7-1-2-8-12(6)10-4-3-9-11;/h1-4H2;/q+2;. The van der Waals surface area contributed by atoms with Crippen molar-refractivity contribution in [1.82, 2.24) is 0 Å². The Balaban J connectivity index is 0.00000144. The summed E-state index contributed by atoms with van der Waals surface area (Å²) in [7, 11) is -4.17. The van der Waals surface area contributed by atoms with Gasteiger partial charge in [-0.2, -0.15) is 0 Å². The minimum absolute atomic E-state index is 0. The van der Waals surface area contributed by atoms with Crippen LogP contribution in [0.4, 0.5) is 0 Å². The Morgan fingerprint density at radius 2 is 0.923 bits per heavy atom. The van der Waals surface area contributed by atoms with E-state index in [9.17, 15) is 9.13 Å². The van der Waals surface area contributed by atoms with E-state index in [1.807, 2.05) is 0 Å². The summed E-state index contributed by atoms with van der Waals surface area (Å²) in [6, 6.07) is 0. The van der Waals surface area contributed by atoms with Crippen molar-refractivity contribution in [2.75, 3.05) is 26.4 Å². The third kappa shape index (κ3) is 7.03. The molecule has 13 heavy (non-hydrogen) atoms. The van der Waals surface area contributed by atoms with Crippen LogP contribution in [0.5, 0.6) is 0 Å². The number of hydrogen-bond donors (Lipinski definition) is 0. The maximum Gasteiger partial charge on any atom is 0.697 e. The fraction of sp³-hybridized carbons (Fsp3) is 1.00. The van der Waals surface area contributed by atoms with E-state index in [1.165, 1.54) is 0 Å². The largest absolute Gasteiger partial charge is 0.697 e. The van der Waals surface area contributed by atoms with Gasteiger partial charge in [0.1, 0.15) is 26.4 Å². The van der Waals surface area contributed by atoms with Crippen LogP contribution in [0.3, 0.4) is 0 Å². The minimum atomic E-state index is -2.08. The zero-order valence-corrected chi connectivity index (χ0v) is 11.0. The SMILES string of the molecule is O=[P+]1OCCO[P+](=O)OCCO1.[Na]. The summed E-state index contributed by atoms with van der Waals surface area (Å²) in [6.45, 7) is 0.332. The van der Waals surface area contributed by atoms with E-state index < -0.39 is 16.5 Å². The molecule has 0 amide bonds. The van der Waals surface area contributed by atoms with Crippen molar-refractivity contribution in [1.29, 1.82) is 0 Å². The first-order valence-corrected chi connectivity index (χ1v) is 5.44. The molecule has 0 N–H and O–H groups in total. The smallest absolute Gasteiger partial charge is 0.116 e. The predicted molar refractivity (Wildman–Crippen MR) is 44.8 cm³/mol. The minimum Gasteiger partial charge on any atom is -0.116 e. The van der Waals surface area contributed by atoms with Gasteiger partial charge in [-0.25, -0.2) is 0 Å². The van der Waals surface area contributed by atoms with Crippen molar-refractivity contribution < 1.29 is 27.2 Å². The van der Waals surface area contributed by atoms with Gasteiger partial charge >= 0.3 is 16.5 Å². The first-order valence-electron chi connectivity index (χ1n) is 3.25. The van der Waals surface area contributed by atoms with Crippen LogP contribution in [-0.4, -0.2) is 56.0 Å². The molecule has 0 aromatic heterocycles. The first-order chi connectivity index (χ1) is 5.79. The van der Waals surface area contributed by atoms with Crippen molar-refractivity contribution in [2.24, 2.45) is 0 Å². The summed E-state index contributed by atoms with van der Waals surface area (Å²) in [6.07, 6.45) is 0. The predicted octanol–water partition coefficient (Wildman–Crippen LogP) is 1.00. The second-order valence-corrected chi connectivity index (χ2v) is 3.71. The monoisotopic (exact) mass is 237 g/mol. The first kappa shape index (κ1) is 14.0. The summed E-state index contributed by atoms with van der Waals surface area (Å²) in [5.41, 5.74) is 0. The van der Waals surface area contributed by atoms with Crippen molar-refractivity contribution >= 4 is 46.1 Å². The van der Waals surface area contributed by atoms with E-state index in [4.69, 9.17) is 0 Å². The second kappa shape index (κ2) is 8.36. The maximum atomic E-state index is 10.7. The molecule has 0 spiro atoms. The van der Waals surface area contributed by atoms with E-state index in [0.29, 0.717) is 0 Å². The van der Waals surface area contributed by atoms with Crippen LogP contribution in [0.1, 0.15) is 0 Å². The average Bonchev–Trinajstić information content (AvgIpc) is 2.06. The molecular formula is C4H8NaO6P2+2. The Bertz CT molecular complexity index is 151. The molecule has 1 radical (unpaired) electrons. The molecule has 0 aliphatic carbocycles. The van der Waals surface area contributed by atoms with Crippen LogP contribution < -0.4 is 0 Å². The van der Waals surface area contributed by atoms with E-state index in [0.717, 1.165) is 0 Å². The average molecular weight is 237 g/mol. The molecule has 1 aliphatic heterocycles. The van der Waals surface area contributed by atoms with Crippen molar-refractivity contribution in [3.63, 3.8) is 0 Å². The Labute approximate surface area is 99.5 Å². The quantitative estimate of drug-likeness (QED) is 0.462. The van der Waals surface area contributed by atoms with E-state index >= 15 is 0 Å². The van der Waals surface area contributed by atoms with Crippen molar-refractivity contribution in [2.45, 2.75) is 0 Å². The fourth-order valence-corrected chi connectivity index (χ4v) is 1.57. The molecule has 0 aromatic carbocycles. The van der Waals surface area contributed by atoms with Gasteiger partial charge in [0, 0.05) is 38.7 Å². The molecule has 1 rings (SSSR count). The van der Waals surface area contributed by atoms with E-state index in [2.05, 4.69) is 18.1 Å². The van der Waals surface area contributed by atoms with Crippen molar-refractivity contribution in [3.8, 4) is 0 Å². The van der Waals surface area contributed by atoms with Gasteiger partial charge in [-0.3, -0.25) is 0 Å². The molecule has 0 bridgehead atoms. The molecule has 1 heterocycles. The molecule has 1 aliphatic rings. The van der Waals surface area contributed by atoms with Crippen LogP contribution in [0.15, 0.2) is 0 Å². The molecule has 0 aromatic rings.